The summed E-state index contributed by atoms with van der Waals surface area (Å²) >= 11 is 6.05. The van der Waals surface area contributed by atoms with Crippen LogP contribution in [-0.4, -0.2) is 69.1 Å². The van der Waals surface area contributed by atoms with Crippen molar-refractivity contribution < 1.29 is 23.8 Å². The summed E-state index contributed by atoms with van der Waals surface area (Å²) < 4.78 is 15.9. The minimum atomic E-state index is -0.142. The van der Waals surface area contributed by atoms with E-state index in [1.807, 2.05) is 18.2 Å². The minimum Gasteiger partial charge on any atom is -0.496 e. The monoisotopic (exact) mass is 446 g/mol. The summed E-state index contributed by atoms with van der Waals surface area (Å²) in [6.45, 7) is 1.94. The van der Waals surface area contributed by atoms with Crippen LogP contribution in [0.25, 0.3) is 0 Å². The van der Waals surface area contributed by atoms with Gasteiger partial charge >= 0.3 is 0 Å². The highest BCUT2D eigenvalue weighted by molar-refractivity contribution is 6.31. The molecule has 0 spiro atoms. The first kappa shape index (κ1) is 22.7. The Bertz CT molecular complexity index is 942. The third-order valence-electron chi connectivity index (χ3n) is 5.39. The van der Waals surface area contributed by atoms with E-state index < -0.39 is 0 Å². The van der Waals surface area contributed by atoms with Crippen molar-refractivity contribution in [2.24, 2.45) is 0 Å². The SMILES string of the molecule is COc1ccc(CCC(=O)N2CCN(C(=O)c3cc(Cl)ccc3OC)CC2)cc1OC. The number of halogens is 1. The summed E-state index contributed by atoms with van der Waals surface area (Å²) in [5, 5.41) is 0.480. The third-order valence-corrected chi connectivity index (χ3v) is 5.62. The number of piperazine rings is 1. The smallest absolute Gasteiger partial charge is 0.257 e. The fraction of sp³-hybridized carbons (Fsp3) is 0.391. The van der Waals surface area contributed by atoms with Gasteiger partial charge in [-0.2, -0.15) is 0 Å². The van der Waals surface area contributed by atoms with E-state index in [1.165, 1.54) is 7.11 Å². The summed E-state index contributed by atoms with van der Waals surface area (Å²) in [7, 11) is 4.70. The Balaban J connectivity index is 1.54. The third kappa shape index (κ3) is 5.41. The van der Waals surface area contributed by atoms with Crippen LogP contribution in [0.2, 0.25) is 5.02 Å². The molecule has 0 atom stereocenters. The zero-order valence-electron chi connectivity index (χ0n) is 18.0. The topological polar surface area (TPSA) is 68.3 Å². The van der Waals surface area contributed by atoms with E-state index in [1.54, 1.807) is 42.2 Å². The molecule has 2 amide bonds. The van der Waals surface area contributed by atoms with Gasteiger partial charge in [-0.05, 0) is 42.3 Å². The van der Waals surface area contributed by atoms with E-state index in [-0.39, 0.29) is 11.8 Å². The molecule has 0 radical (unpaired) electrons. The summed E-state index contributed by atoms with van der Waals surface area (Å²) in [6, 6.07) is 10.6. The van der Waals surface area contributed by atoms with Crippen LogP contribution in [-0.2, 0) is 11.2 Å². The van der Waals surface area contributed by atoms with Crippen LogP contribution < -0.4 is 14.2 Å². The number of nitrogens with zero attached hydrogens (tertiary/aromatic N) is 2. The van der Waals surface area contributed by atoms with Crippen LogP contribution in [0.4, 0.5) is 0 Å². The van der Waals surface area contributed by atoms with Crippen molar-refractivity contribution in [2.75, 3.05) is 47.5 Å². The molecule has 1 aliphatic rings. The maximum Gasteiger partial charge on any atom is 0.257 e. The Morgan fingerprint density at radius 2 is 1.45 bits per heavy atom. The van der Waals surface area contributed by atoms with Gasteiger partial charge < -0.3 is 24.0 Å². The summed E-state index contributed by atoms with van der Waals surface area (Å²) in [4.78, 5) is 29.1. The summed E-state index contributed by atoms with van der Waals surface area (Å²) in [5.74, 6) is 1.73. The highest BCUT2D eigenvalue weighted by Gasteiger charge is 2.26. The Hall–Kier alpha value is -2.93. The lowest BCUT2D eigenvalue weighted by molar-refractivity contribution is -0.132. The molecular formula is C23H27ClN2O5. The second-order valence-corrected chi connectivity index (χ2v) is 7.64. The number of hydrogen-bond acceptors (Lipinski definition) is 5. The number of ether oxygens (including phenoxy) is 3. The molecule has 0 saturated carbocycles. The second-order valence-electron chi connectivity index (χ2n) is 7.21. The van der Waals surface area contributed by atoms with Crippen LogP contribution in [0.15, 0.2) is 36.4 Å². The molecule has 3 rings (SSSR count). The molecule has 2 aromatic carbocycles. The van der Waals surface area contributed by atoms with Gasteiger partial charge in [-0.3, -0.25) is 9.59 Å². The zero-order valence-corrected chi connectivity index (χ0v) is 18.8. The maximum atomic E-state index is 12.9. The van der Waals surface area contributed by atoms with Gasteiger partial charge in [0.1, 0.15) is 5.75 Å². The minimum absolute atomic E-state index is 0.0715. The van der Waals surface area contributed by atoms with Crippen molar-refractivity contribution in [3.05, 3.63) is 52.5 Å². The van der Waals surface area contributed by atoms with Gasteiger partial charge in [0.2, 0.25) is 5.91 Å². The molecule has 166 valence electrons. The molecule has 1 saturated heterocycles. The average Bonchev–Trinajstić information content (AvgIpc) is 2.81. The van der Waals surface area contributed by atoms with Gasteiger partial charge in [0.15, 0.2) is 11.5 Å². The molecule has 8 heteroatoms. The molecule has 0 aliphatic carbocycles. The lowest BCUT2D eigenvalue weighted by Crippen LogP contribution is -2.50. The van der Waals surface area contributed by atoms with Crippen LogP contribution in [0.1, 0.15) is 22.3 Å². The van der Waals surface area contributed by atoms with Crippen LogP contribution in [0.5, 0.6) is 17.2 Å². The van der Waals surface area contributed by atoms with Crippen LogP contribution in [0, 0.1) is 0 Å². The van der Waals surface area contributed by atoms with Crippen molar-refractivity contribution in [1.82, 2.24) is 9.80 Å². The standard InChI is InChI=1S/C23H27ClN2O5/c1-29-19-8-6-17(24)15-18(19)23(28)26-12-10-25(11-13-26)22(27)9-5-16-4-7-20(30-2)21(14-16)31-3/h4,6-8,14-15H,5,9-13H2,1-3H3. The van der Waals surface area contributed by atoms with Crippen molar-refractivity contribution in [2.45, 2.75) is 12.8 Å². The van der Waals surface area contributed by atoms with Crippen LogP contribution >= 0.6 is 11.6 Å². The van der Waals surface area contributed by atoms with Gasteiger partial charge in [-0.1, -0.05) is 17.7 Å². The lowest BCUT2D eigenvalue weighted by atomic mass is 10.1. The molecule has 0 N–H and O–H groups in total. The van der Waals surface area contributed by atoms with E-state index in [2.05, 4.69) is 0 Å². The largest absolute Gasteiger partial charge is 0.496 e. The highest BCUT2D eigenvalue weighted by atomic mass is 35.5. The quantitative estimate of drug-likeness (QED) is 0.652. The van der Waals surface area contributed by atoms with Crippen molar-refractivity contribution >= 4 is 23.4 Å². The Labute approximate surface area is 187 Å². The Morgan fingerprint density at radius 3 is 2.10 bits per heavy atom. The number of hydrogen-bond donors (Lipinski definition) is 0. The molecule has 0 bridgehead atoms. The lowest BCUT2D eigenvalue weighted by Gasteiger charge is -2.35. The van der Waals surface area contributed by atoms with Gasteiger partial charge in [-0.15, -0.1) is 0 Å². The van der Waals surface area contributed by atoms with Gasteiger partial charge in [0, 0.05) is 37.6 Å². The van der Waals surface area contributed by atoms with Crippen molar-refractivity contribution in [3.8, 4) is 17.2 Å². The number of amides is 2. The van der Waals surface area contributed by atoms with Gasteiger partial charge in [0.05, 0.1) is 26.9 Å². The van der Waals surface area contributed by atoms with E-state index in [4.69, 9.17) is 25.8 Å². The number of carbonyl (C=O) groups is 2. The second kappa shape index (κ2) is 10.4. The van der Waals surface area contributed by atoms with Crippen molar-refractivity contribution in [1.29, 1.82) is 0 Å². The number of aryl methyl sites for hydroxylation is 1. The van der Waals surface area contributed by atoms with E-state index >= 15 is 0 Å². The normalized spacial score (nSPS) is 13.7. The molecule has 7 nitrogen and oxygen atoms in total. The maximum absolute atomic E-state index is 12.9. The van der Waals surface area contributed by atoms with E-state index in [9.17, 15) is 9.59 Å². The van der Waals surface area contributed by atoms with E-state index in [0.717, 1.165) is 5.56 Å². The number of carbonyl (C=O) groups excluding carboxylic acids is 2. The number of benzene rings is 2. The first-order chi connectivity index (χ1) is 15.0. The first-order valence-electron chi connectivity index (χ1n) is 10.1. The predicted octanol–water partition coefficient (Wildman–Crippen LogP) is 3.28. The number of rotatable bonds is 7. The first-order valence-corrected chi connectivity index (χ1v) is 10.5. The Morgan fingerprint density at radius 1 is 0.839 bits per heavy atom. The Kier molecular flexibility index (Phi) is 7.63. The highest BCUT2D eigenvalue weighted by Crippen LogP contribution is 2.28. The molecule has 0 aromatic heterocycles. The van der Waals surface area contributed by atoms with Gasteiger partial charge in [0.25, 0.3) is 5.91 Å². The molecule has 2 aromatic rings. The van der Waals surface area contributed by atoms with E-state index in [0.29, 0.717) is 66.9 Å². The molecule has 1 fully saturated rings. The molecular weight excluding hydrogens is 420 g/mol. The average molecular weight is 447 g/mol. The molecule has 0 unspecified atom stereocenters. The predicted molar refractivity (Wildman–Crippen MR) is 118 cm³/mol. The van der Waals surface area contributed by atoms with Gasteiger partial charge in [-0.25, -0.2) is 0 Å². The zero-order chi connectivity index (χ0) is 22.4. The molecule has 1 heterocycles. The fourth-order valence-electron chi connectivity index (χ4n) is 3.62. The number of methoxy groups -OCH3 is 3. The summed E-state index contributed by atoms with van der Waals surface area (Å²) in [5.41, 5.74) is 1.44. The van der Waals surface area contributed by atoms with Crippen molar-refractivity contribution in [3.63, 3.8) is 0 Å². The molecule has 31 heavy (non-hydrogen) atoms. The fourth-order valence-corrected chi connectivity index (χ4v) is 3.79. The molecule has 1 aliphatic heterocycles. The van der Waals surface area contributed by atoms with Crippen LogP contribution in [0.3, 0.4) is 0 Å². The summed E-state index contributed by atoms with van der Waals surface area (Å²) in [6.07, 6.45) is 1.00.